The van der Waals surface area contributed by atoms with Gasteiger partial charge in [-0.25, -0.2) is 0 Å². The van der Waals surface area contributed by atoms with Gasteiger partial charge in [-0.3, -0.25) is 9.59 Å². The highest BCUT2D eigenvalue weighted by Crippen LogP contribution is 2.21. The van der Waals surface area contributed by atoms with E-state index in [1.54, 1.807) is 48.5 Å². The third kappa shape index (κ3) is 5.09. The van der Waals surface area contributed by atoms with E-state index in [9.17, 15) is 14.9 Å². The van der Waals surface area contributed by atoms with Gasteiger partial charge in [-0.15, -0.1) is 0 Å². The SMILES string of the molecule is N#C[C@@H](C(=O)CCC(=O)Nc1ccc(Cl)cc1)c1ccc(Cl)cc1. The number of nitriles is 1. The number of carbonyl (C=O) groups is 2. The van der Waals surface area contributed by atoms with Crippen LogP contribution >= 0.6 is 23.2 Å². The van der Waals surface area contributed by atoms with E-state index in [1.165, 1.54) is 0 Å². The highest BCUT2D eigenvalue weighted by molar-refractivity contribution is 6.30. The Labute approximate surface area is 150 Å². The van der Waals surface area contributed by atoms with Crippen LogP contribution in [-0.2, 0) is 9.59 Å². The molecule has 0 aliphatic heterocycles. The van der Waals surface area contributed by atoms with Crippen LogP contribution in [0.5, 0.6) is 0 Å². The molecule has 0 aliphatic carbocycles. The molecule has 122 valence electrons. The van der Waals surface area contributed by atoms with Crippen molar-refractivity contribution in [3.63, 3.8) is 0 Å². The molecule has 0 radical (unpaired) electrons. The summed E-state index contributed by atoms with van der Waals surface area (Å²) in [6.45, 7) is 0. The average Bonchev–Trinajstić information content (AvgIpc) is 2.57. The van der Waals surface area contributed by atoms with Gasteiger partial charge in [0.1, 0.15) is 5.92 Å². The van der Waals surface area contributed by atoms with Gasteiger partial charge in [0, 0.05) is 28.6 Å². The average molecular weight is 361 g/mol. The van der Waals surface area contributed by atoms with Crippen molar-refractivity contribution in [2.75, 3.05) is 5.32 Å². The van der Waals surface area contributed by atoms with Crippen molar-refractivity contribution in [2.24, 2.45) is 0 Å². The number of nitrogens with one attached hydrogen (secondary N) is 1. The van der Waals surface area contributed by atoms with Crippen LogP contribution in [0.4, 0.5) is 5.69 Å². The minimum atomic E-state index is -0.898. The first-order valence-electron chi connectivity index (χ1n) is 7.23. The van der Waals surface area contributed by atoms with Crippen LogP contribution in [-0.4, -0.2) is 11.7 Å². The monoisotopic (exact) mass is 360 g/mol. The fourth-order valence-corrected chi connectivity index (χ4v) is 2.38. The molecule has 2 aromatic rings. The molecule has 0 bridgehead atoms. The molecule has 1 amide bonds. The Balaban J connectivity index is 1.91. The van der Waals surface area contributed by atoms with Gasteiger partial charge in [-0.2, -0.15) is 5.26 Å². The van der Waals surface area contributed by atoms with Crippen molar-refractivity contribution in [2.45, 2.75) is 18.8 Å². The van der Waals surface area contributed by atoms with Crippen LogP contribution in [0.25, 0.3) is 0 Å². The quantitative estimate of drug-likeness (QED) is 0.818. The second-order valence-corrected chi connectivity index (χ2v) is 6.01. The lowest BCUT2D eigenvalue weighted by molar-refractivity contribution is -0.123. The summed E-state index contributed by atoms with van der Waals surface area (Å²) in [5, 5.41) is 13.0. The smallest absolute Gasteiger partial charge is 0.224 e. The van der Waals surface area contributed by atoms with Gasteiger partial charge in [-0.05, 0) is 42.0 Å². The van der Waals surface area contributed by atoms with E-state index in [0.717, 1.165) is 0 Å². The van der Waals surface area contributed by atoms with Gasteiger partial charge >= 0.3 is 0 Å². The van der Waals surface area contributed by atoms with Crippen molar-refractivity contribution in [1.82, 2.24) is 0 Å². The Hall–Kier alpha value is -2.35. The number of carbonyl (C=O) groups excluding carboxylic acids is 2. The van der Waals surface area contributed by atoms with E-state index >= 15 is 0 Å². The van der Waals surface area contributed by atoms with Crippen LogP contribution in [0.1, 0.15) is 24.3 Å². The van der Waals surface area contributed by atoms with Gasteiger partial charge in [0.15, 0.2) is 5.78 Å². The molecule has 0 aliphatic rings. The lowest BCUT2D eigenvalue weighted by Gasteiger charge is -2.09. The van der Waals surface area contributed by atoms with Crippen LogP contribution in [0.2, 0.25) is 10.0 Å². The molecule has 2 aromatic carbocycles. The largest absolute Gasteiger partial charge is 0.326 e. The summed E-state index contributed by atoms with van der Waals surface area (Å²) in [5.74, 6) is -1.49. The topological polar surface area (TPSA) is 70.0 Å². The summed E-state index contributed by atoms with van der Waals surface area (Å²) >= 11 is 11.6. The van der Waals surface area contributed by atoms with Crippen molar-refractivity contribution in [3.8, 4) is 6.07 Å². The lowest BCUT2D eigenvalue weighted by Crippen LogP contribution is -2.16. The summed E-state index contributed by atoms with van der Waals surface area (Å²) in [4.78, 5) is 24.1. The summed E-state index contributed by atoms with van der Waals surface area (Å²) in [6, 6.07) is 15.2. The van der Waals surface area contributed by atoms with Gasteiger partial charge in [0.2, 0.25) is 5.91 Å². The zero-order valence-corrected chi connectivity index (χ0v) is 14.1. The van der Waals surface area contributed by atoms with Crippen molar-refractivity contribution in [3.05, 3.63) is 64.1 Å². The highest BCUT2D eigenvalue weighted by atomic mass is 35.5. The molecule has 0 unspecified atom stereocenters. The van der Waals surface area contributed by atoms with E-state index in [2.05, 4.69) is 5.32 Å². The second kappa shape index (κ2) is 8.49. The Bertz CT molecular complexity index is 765. The van der Waals surface area contributed by atoms with Gasteiger partial charge in [-0.1, -0.05) is 35.3 Å². The molecule has 4 nitrogen and oxygen atoms in total. The third-order valence-corrected chi connectivity index (χ3v) is 3.88. The number of amides is 1. The minimum Gasteiger partial charge on any atom is -0.326 e. The fourth-order valence-electron chi connectivity index (χ4n) is 2.13. The second-order valence-electron chi connectivity index (χ2n) is 5.14. The van der Waals surface area contributed by atoms with Crippen molar-refractivity contribution in [1.29, 1.82) is 5.26 Å². The summed E-state index contributed by atoms with van der Waals surface area (Å²) in [7, 11) is 0. The first kappa shape index (κ1) is 18.0. The number of hydrogen-bond donors (Lipinski definition) is 1. The molecular weight excluding hydrogens is 347 g/mol. The molecule has 0 aromatic heterocycles. The van der Waals surface area contributed by atoms with E-state index in [1.807, 2.05) is 6.07 Å². The van der Waals surface area contributed by atoms with E-state index in [0.29, 0.717) is 21.3 Å². The standard InChI is InChI=1S/C18H14Cl2N2O2/c19-13-3-1-12(2-4-13)16(11-21)17(23)9-10-18(24)22-15-7-5-14(20)6-8-15/h1-8,16H,9-10H2,(H,22,24)/t16-/m1/s1. The molecule has 6 heteroatoms. The number of halogens is 2. The maximum Gasteiger partial charge on any atom is 0.224 e. The van der Waals surface area contributed by atoms with Gasteiger partial charge < -0.3 is 5.32 Å². The fraction of sp³-hybridized carbons (Fsp3) is 0.167. The van der Waals surface area contributed by atoms with E-state index in [4.69, 9.17) is 23.2 Å². The van der Waals surface area contributed by atoms with E-state index in [-0.39, 0.29) is 24.5 Å². The van der Waals surface area contributed by atoms with Crippen LogP contribution in [0, 0.1) is 11.3 Å². The predicted molar refractivity (Wildman–Crippen MR) is 94.1 cm³/mol. The number of anilines is 1. The molecule has 2 rings (SSSR count). The Morgan fingerprint density at radius 1 is 0.958 bits per heavy atom. The predicted octanol–water partition coefficient (Wildman–Crippen LogP) is 4.59. The summed E-state index contributed by atoms with van der Waals surface area (Å²) in [5.41, 5.74) is 1.18. The maximum absolute atomic E-state index is 12.2. The molecular formula is C18H14Cl2N2O2. The zero-order chi connectivity index (χ0) is 17.5. The Morgan fingerprint density at radius 3 is 2.04 bits per heavy atom. The van der Waals surface area contributed by atoms with Gasteiger partial charge in [0.25, 0.3) is 0 Å². The Morgan fingerprint density at radius 2 is 1.50 bits per heavy atom. The van der Waals surface area contributed by atoms with Gasteiger partial charge in [0.05, 0.1) is 6.07 Å². The number of hydrogen-bond acceptors (Lipinski definition) is 3. The molecule has 0 saturated carbocycles. The number of Topliss-reactive ketones (excluding diaryl/α,β-unsaturated/α-hetero) is 1. The van der Waals surface area contributed by atoms with E-state index < -0.39 is 5.92 Å². The summed E-state index contributed by atoms with van der Waals surface area (Å²) < 4.78 is 0. The number of ketones is 1. The van der Waals surface area contributed by atoms with Crippen LogP contribution < -0.4 is 5.32 Å². The molecule has 0 saturated heterocycles. The number of nitrogens with zero attached hydrogens (tertiary/aromatic N) is 1. The Kier molecular flexibility index (Phi) is 6.36. The first-order valence-corrected chi connectivity index (χ1v) is 7.98. The van der Waals surface area contributed by atoms with Crippen LogP contribution in [0.3, 0.4) is 0 Å². The molecule has 0 fully saturated rings. The number of benzene rings is 2. The zero-order valence-electron chi connectivity index (χ0n) is 12.6. The molecule has 0 heterocycles. The lowest BCUT2D eigenvalue weighted by atomic mass is 9.93. The third-order valence-electron chi connectivity index (χ3n) is 3.38. The highest BCUT2D eigenvalue weighted by Gasteiger charge is 2.20. The first-order chi connectivity index (χ1) is 11.5. The minimum absolute atomic E-state index is 0.00717. The number of rotatable bonds is 6. The molecule has 1 atom stereocenters. The maximum atomic E-state index is 12.2. The normalized spacial score (nSPS) is 11.4. The van der Waals surface area contributed by atoms with Crippen molar-refractivity contribution >= 4 is 40.6 Å². The van der Waals surface area contributed by atoms with Crippen molar-refractivity contribution < 1.29 is 9.59 Å². The molecule has 24 heavy (non-hydrogen) atoms. The summed E-state index contributed by atoms with van der Waals surface area (Å²) in [6.07, 6.45) is -0.00644. The van der Waals surface area contributed by atoms with Crippen LogP contribution in [0.15, 0.2) is 48.5 Å². The molecule has 1 N–H and O–H groups in total. The molecule has 0 spiro atoms.